The van der Waals surface area contributed by atoms with Gasteiger partial charge < -0.3 is 15.0 Å². The fraction of sp³-hybridized carbons (Fsp3) is 0.250. The average Bonchev–Trinajstić information content (AvgIpc) is 2.62. The highest BCUT2D eigenvalue weighted by Gasteiger charge is 2.20. The number of carbonyl (C=O) groups excluding carboxylic acids is 3. The van der Waals surface area contributed by atoms with Crippen molar-refractivity contribution >= 4 is 29.2 Å². The summed E-state index contributed by atoms with van der Waals surface area (Å²) in [4.78, 5) is 37.8. The molecule has 0 heterocycles. The highest BCUT2D eigenvalue weighted by molar-refractivity contribution is 6.05. The van der Waals surface area contributed by atoms with Gasteiger partial charge in [0.1, 0.15) is 6.54 Å². The molecular weight excluding hydrogens is 332 g/mol. The van der Waals surface area contributed by atoms with Crippen molar-refractivity contribution < 1.29 is 19.1 Å². The van der Waals surface area contributed by atoms with Crippen LogP contribution in [0.15, 0.2) is 42.5 Å². The average molecular weight is 354 g/mol. The van der Waals surface area contributed by atoms with Gasteiger partial charge in [0.05, 0.1) is 18.4 Å². The van der Waals surface area contributed by atoms with Crippen molar-refractivity contribution in [2.45, 2.75) is 20.8 Å². The van der Waals surface area contributed by atoms with E-state index in [1.165, 1.54) is 18.9 Å². The number of para-hydroxylation sites is 1. The lowest BCUT2D eigenvalue weighted by Gasteiger charge is -2.23. The Balaban J connectivity index is 2.24. The number of benzene rings is 2. The van der Waals surface area contributed by atoms with Crippen molar-refractivity contribution in [1.29, 1.82) is 0 Å². The van der Waals surface area contributed by atoms with Gasteiger partial charge in [-0.15, -0.1) is 0 Å². The molecule has 2 aromatic rings. The van der Waals surface area contributed by atoms with E-state index in [1.807, 2.05) is 26.0 Å². The summed E-state index contributed by atoms with van der Waals surface area (Å²) in [7, 11) is 1.28. The first-order chi connectivity index (χ1) is 12.3. The predicted molar refractivity (Wildman–Crippen MR) is 100 cm³/mol. The second-order valence-electron chi connectivity index (χ2n) is 5.91. The topological polar surface area (TPSA) is 75.7 Å². The molecule has 2 rings (SSSR count). The maximum atomic E-state index is 12.5. The normalized spacial score (nSPS) is 10.2. The summed E-state index contributed by atoms with van der Waals surface area (Å²) in [5.74, 6) is -1.19. The Morgan fingerprint density at radius 3 is 2.38 bits per heavy atom. The molecule has 1 N–H and O–H groups in total. The summed E-state index contributed by atoms with van der Waals surface area (Å²) in [6.45, 7) is 5.11. The molecule has 0 radical (unpaired) electrons. The molecule has 0 aliphatic rings. The van der Waals surface area contributed by atoms with Gasteiger partial charge in [-0.1, -0.05) is 24.3 Å². The smallest absolute Gasteiger partial charge is 0.339 e. The lowest BCUT2D eigenvalue weighted by molar-refractivity contribution is -0.120. The van der Waals surface area contributed by atoms with Crippen LogP contribution in [0.3, 0.4) is 0 Å². The number of hydrogen-bond donors (Lipinski definition) is 1. The van der Waals surface area contributed by atoms with Crippen molar-refractivity contribution in [1.82, 2.24) is 0 Å². The molecule has 6 heteroatoms. The number of anilines is 2. The number of methoxy groups -OCH3 is 1. The van der Waals surface area contributed by atoms with E-state index >= 15 is 0 Å². The number of rotatable bonds is 5. The lowest BCUT2D eigenvalue weighted by atomic mass is 10.1. The third kappa shape index (κ3) is 4.27. The third-order valence-corrected chi connectivity index (χ3v) is 4.16. The molecule has 0 aliphatic heterocycles. The van der Waals surface area contributed by atoms with Crippen molar-refractivity contribution in [3.05, 3.63) is 59.2 Å². The first kappa shape index (κ1) is 19.2. The fourth-order valence-corrected chi connectivity index (χ4v) is 2.61. The molecular formula is C20H22N2O4. The highest BCUT2D eigenvalue weighted by Crippen LogP contribution is 2.23. The van der Waals surface area contributed by atoms with Gasteiger partial charge in [0.25, 0.3) is 0 Å². The number of ether oxygens (including phenoxy) is 1. The molecule has 6 nitrogen and oxygen atoms in total. The molecule has 0 unspecified atom stereocenters. The summed E-state index contributed by atoms with van der Waals surface area (Å²) >= 11 is 0. The van der Waals surface area contributed by atoms with Crippen molar-refractivity contribution in [3.63, 3.8) is 0 Å². The number of aryl methyl sites for hydroxylation is 1. The standard InChI is InChI=1S/C20H22N2O4/c1-13-8-7-11-18(14(13)2)22(15(3)23)12-19(24)21-17-10-6-5-9-16(17)20(25)26-4/h5-11H,12H2,1-4H3,(H,21,24). The molecule has 0 bridgehead atoms. The zero-order chi connectivity index (χ0) is 19.3. The third-order valence-electron chi connectivity index (χ3n) is 4.16. The van der Waals surface area contributed by atoms with E-state index < -0.39 is 11.9 Å². The Bertz CT molecular complexity index is 845. The van der Waals surface area contributed by atoms with E-state index in [0.29, 0.717) is 11.4 Å². The minimum atomic E-state index is -0.543. The predicted octanol–water partition coefficient (Wildman–Crippen LogP) is 3.08. The number of amides is 2. The van der Waals surface area contributed by atoms with E-state index in [1.54, 1.807) is 30.3 Å². The van der Waals surface area contributed by atoms with Crippen LogP contribution in [-0.4, -0.2) is 31.4 Å². The Labute approximate surface area is 152 Å². The van der Waals surface area contributed by atoms with E-state index in [0.717, 1.165) is 11.1 Å². The van der Waals surface area contributed by atoms with E-state index in [4.69, 9.17) is 4.74 Å². The second kappa shape index (κ2) is 8.29. The van der Waals surface area contributed by atoms with E-state index in [2.05, 4.69) is 5.32 Å². The van der Waals surface area contributed by atoms with Gasteiger partial charge in [0.2, 0.25) is 11.8 Å². The number of nitrogens with zero attached hydrogens (tertiary/aromatic N) is 1. The maximum absolute atomic E-state index is 12.5. The minimum Gasteiger partial charge on any atom is -0.465 e. The van der Waals surface area contributed by atoms with Crippen LogP contribution in [0, 0.1) is 13.8 Å². The number of carbonyl (C=O) groups is 3. The first-order valence-corrected chi connectivity index (χ1v) is 8.16. The van der Waals surface area contributed by atoms with Crippen LogP contribution in [0.25, 0.3) is 0 Å². The molecule has 2 amide bonds. The second-order valence-corrected chi connectivity index (χ2v) is 5.91. The molecule has 26 heavy (non-hydrogen) atoms. The SMILES string of the molecule is COC(=O)c1ccccc1NC(=O)CN(C(C)=O)c1cccc(C)c1C. The van der Waals surface area contributed by atoms with Crippen LogP contribution in [0.5, 0.6) is 0 Å². The number of esters is 1. The quantitative estimate of drug-likeness (QED) is 0.837. The molecule has 0 saturated heterocycles. The van der Waals surface area contributed by atoms with E-state index in [-0.39, 0.29) is 18.0 Å². The highest BCUT2D eigenvalue weighted by atomic mass is 16.5. The monoisotopic (exact) mass is 354 g/mol. The van der Waals surface area contributed by atoms with Gasteiger partial charge in [-0.3, -0.25) is 9.59 Å². The van der Waals surface area contributed by atoms with Gasteiger partial charge in [-0.05, 0) is 43.2 Å². The maximum Gasteiger partial charge on any atom is 0.339 e. The summed E-state index contributed by atoms with van der Waals surface area (Å²) in [6.07, 6.45) is 0. The van der Waals surface area contributed by atoms with Crippen molar-refractivity contribution in [2.24, 2.45) is 0 Å². The van der Waals surface area contributed by atoms with Gasteiger partial charge in [-0.25, -0.2) is 4.79 Å². The molecule has 0 spiro atoms. The Hall–Kier alpha value is -3.15. The molecule has 0 fully saturated rings. The van der Waals surface area contributed by atoms with Crippen molar-refractivity contribution in [2.75, 3.05) is 23.9 Å². The first-order valence-electron chi connectivity index (χ1n) is 8.16. The van der Waals surface area contributed by atoms with Crippen LogP contribution >= 0.6 is 0 Å². The summed E-state index contributed by atoms with van der Waals surface area (Å²) in [5, 5.41) is 2.68. The van der Waals surface area contributed by atoms with Crippen LogP contribution in [-0.2, 0) is 14.3 Å². The number of nitrogens with one attached hydrogen (secondary N) is 1. The molecule has 2 aromatic carbocycles. The van der Waals surface area contributed by atoms with Crippen LogP contribution in [0.4, 0.5) is 11.4 Å². The van der Waals surface area contributed by atoms with Crippen LogP contribution in [0.2, 0.25) is 0 Å². The Kier molecular flexibility index (Phi) is 6.11. The van der Waals surface area contributed by atoms with Crippen molar-refractivity contribution in [3.8, 4) is 0 Å². The zero-order valence-corrected chi connectivity index (χ0v) is 15.3. The van der Waals surface area contributed by atoms with Crippen LogP contribution in [0.1, 0.15) is 28.4 Å². The molecule has 0 aromatic heterocycles. The minimum absolute atomic E-state index is 0.158. The Morgan fingerprint density at radius 2 is 1.73 bits per heavy atom. The Morgan fingerprint density at radius 1 is 1.04 bits per heavy atom. The van der Waals surface area contributed by atoms with Gasteiger partial charge in [0, 0.05) is 12.6 Å². The zero-order valence-electron chi connectivity index (χ0n) is 15.3. The summed E-state index contributed by atoms with van der Waals surface area (Å²) < 4.78 is 4.72. The van der Waals surface area contributed by atoms with Crippen LogP contribution < -0.4 is 10.2 Å². The molecule has 0 saturated carbocycles. The molecule has 0 aliphatic carbocycles. The van der Waals surface area contributed by atoms with Gasteiger partial charge >= 0.3 is 5.97 Å². The molecule has 136 valence electrons. The van der Waals surface area contributed by atoms with Gasteiger partial charge in [-0.2, -0.15) is 0 Å². The van der Waals surface area contributed by atoms with E-state index in [9.17, 15) is 14.4 Å². The lowest BCUT2D eigenvalue weighted by Crippen LogP contribution is -2.37. The summed E-state index contributed by atoms with van der Waals surface area (Å²) in [5.41, 5.74) is 3.25. The van der Waals surface area contributed by atoms with Gasteiger partial charge in [0.15, 0.2) is 0 Å². The molecule has 0 atom stereocenters. The fourth-order valence-electron chi connectivity index (χ4n) is 2.61. The largest absolute Gasteiger partial charge is 0.465 e. The number of hydrogen-bond acceptors (Lipinski definition) is 4. The summed E-state index contributed by atoms with van der Waals surface area (Å²) in [6, 6.07) is 12.2.